The second kappa shape index (κ2) is 6.08. The minimum atomic E-state index is -0.489. The van der Waals surface area contributed by atoms with Gasteiger partial charge in [-0.2, -0.15) is 0 Å². The number of nitrogens with one attached hydrogen (secondary N) is 1. The molecule has 6 nitrogen and oxygen atoms in total. The highest BCUT2D eigenvalue weighted by molar-refractivity contribution is 9.10. The summed E-state index contributed by atoms with van der Waals surface area (Å²) in [6.45, 7) is 0.281. The Bertz CT molecular complexity index is 614. The van der Waals surface area contributed by atoms with Gasteiger partial charge in [-0.1, -0.05) is 28.1 Å². The van der Waals surface area contributed by atoms with Gasteiger partial charge in [-0.25, -0.2) is 4.79 Å². The van der Waals surface area contributed by atoms with Crippen LogP contribution in [0, 0.1) is 0 Å². The number of halogens is 1. The molecule has 1 heterocycles. The van der Waals surface area contributed by atoms with Crippen LogP contribution in [0.2, 0.25) is 0 Å². The van der Waals surface area contributed by atoms with E-state index in [1.165, 1.54) is 0 Å². The monoisotopic (exact) mass is 365 g/mol. The van der Waals surface area contributed by atoms with Gasteiger partial charge in [0.1, 0.15) is 6.54 Å². The Morgan fingerprint density at radius 2 is 2.14 bits per heavy atom. The maximum absolute atomic E-state index is 12.5. The van der Waals surface area contributed by atoms with Crippen molar-refractivity contribution < 1.29 is 14.4 Å². The summed E-state index contributed by atoms with van der Waals surface area (Å²) in [5.41, 5.74) is 1.02. The molecule has 0 bridgehead atoms. The summed E-state index contributed by atoms with van der Waals surface area (Å²) >= 11 is 3.42. The van der Waals surface area contributed by atoms with Crippen LogP contribution in [-0.2, 0) is 16.1 Å². The summed E-state index contributed by atoms with van der Waals surface area (Å²) in [6.07, 6.45) is 1.94. The SMILES string of the molecule is O=C1CNC(=O)N1CC(=O)N(Cc1cccc(Br)c1)C1CC1. The molecule has 2 fully saturated rings. The van der Waals surface area contributed by atoms with E-state index >= 15 is 0 Å². The molecule has 7 heteroatoms. The number of carbonyl (C=O) groups excluding carboxylic acids is 3. The van der Waals surface area contributed by atoms with Crippen LogP contribution in [-0.4, -0.2) is 46.8 Å². The maximum Gasteiger partial charge on any atom is 0.325 e. The summed E-state index contributed by atoms with van der Waals surface area (Å²) < 4.78 is 0.960. The topological polar surface area (TPSA) is 69.7 Å². The zero-order valence-electron chi connectivity index (χ0n) is 11.9. The Hall–Kier alpha value is -1.89. The fourth-order valence-corrected chi connectivity index (χ4v) is 2.93. The summed E-state index contributed by atoms with van der Waals surface area (Å²) in [4.78, 5) is 38.4. The molecule has 1 aromatic carbocycles. The van der Waals surface area contributed by atoms with E-state index in [0.717, 1.165) is 27.8 Å². The van der Waals surface area contributed by atoms with Crippen molar-refractivity contribution in [2.24, 2.45) is 0 Å². The minimum Gasteiger partial charge on any atom is -0.334 e. The van der Waals surface area contributed by atoms with E-state index in [9.17, 15) is 14.4 Å². The van der Waals surface area contributed by atoms with Gasteiger partial charge in [0.25, 0.3) is 5.91 Å². The van der Waals surface area contributed by atoms with Crippen LogP contribution >= 0.6 is 15.9 Å². The van der Waals surface area contributed by atoms with Gasteiger partial charge < -0.3 is 10.2 Å². The second-order valence-corrected chi connectivity index (χ2v) is 6.44. The van der Waals surface area contributed by atoms with Crippen LogP contribution in [0.4, 0.5) is 4.79 Å². The van der Waals surface area contributed by atoms with Crippen LogP contribution in [0.15, 0.2) is 28.7 Å². The number of carbonyl (C=O) groups is 3. The lowest BCUT2D eigenvalue weighted by Crippen LogP contribution is -2.43. The van der Waals surface area contributed by atoms with Gasteiger partial charge in [-0.05, 0) is 30.5 Å². The first kappa shape index (κ1) is 15.0. The van der Waals surface area contributed by atoms with Crippen LogP contribution in [0.5, 0.6) is 0 Å². The fourth-order valence-electron chi connectivity index (χ4n) is 2.48. The number of urea groups is 1. The average Bonchev–Trinajstić information content (AvgIpc) is 3.27. The number of imide groups is 1. The third kappa shape index (κ3) is 3.30. The second-order valence-electron chi connectivity index (χ2n) is 5.52. The van der Waals surface area contributed by atoms with Crippen molar-refractivity contribution in [1.82, 2.24) is 15.1 Å². The van der Waals surface area contributed by atoms with Gasteiger partial charge in [0.05, 0.1) is 6.54 Å². The van der Waals surface area contributed by atoms with E-state index in [0.29, 0.717) is 6.54 Å². The number of amides is 4. The predicted octanol–water partition coefficient (Wildman–Crippen LogP) is 1.49. The Balaban J connectivity index is 1.69. The Labute approximate surface area is 136 Å². The van der Waals surface area contributed by atoms with Gasteiger partial charge in [0.2, 0.25) is 5.91 Å². The normalized spacial score (nSPS) is 17.6. The summed E-state index contributed by atoms with van der Waals surface area (Å²) in [5, 5.41) is 2.43. The first-order valence-electron chi connectivity index (χ1n) is 7.16. The molecule has 1 saturated heterocycles. The first-order chi connectivity index (χ1) is 10.5. The van der Waals surface area contributed by atoms with E-state index in [1.807, 2.05) is 24.3 Å². The van der Waals surface area contributed by atoms with Gasteiger partial charge in [-0.15, -0.1) is 0 Å². The maximum atomic E-state index is 12.5. The predicted molar refractivity (Wildman–Crippen MR) is 82.8 cm³/mol. The molecule has 22 heavy (non-hydrogen) atoms. The number of nitrogens with zero attached hydrogens (tertiary/aromatic N) is 2. The van der Waals surface area contributed by atoms with Crippen molar-refractivity contribution in [2.45, 2.75) is 25.4 Å². The molecule has 0 radical (unpaired) electrons. The molecule has 1 N–H and O–H groups in total. The molecule has 3 rings (SSSR count). The van der Waals surface area contributed by atoms with E-state index in [4.69, 9.17) is 0 Å². The largest absolute Gasteiger partial charge is 0.334 e. The van der Waals surface area contributed by atoms with Crippen LogP contribution in [0.25, 0.3) is 0 Å². The molecule has 1 saturated carbocycles. The average molecular weight is 366 g/mol. The Kier molecular flexibility index (Phi) is 4.15. The molecular formula is C15H16BrN3O3. The van der Waals surface area contributed by atoms with Gasteiger partial charge in [-0.3, -0.25) is 14.5 Å². The van der Waals surface area contributed by atoms with Crippen LogP contribution < -0.4 is 5.32 Å². The quantitative estimate of drug-likeness (QED) is 0.803. The van der Waals surface area contributed by atoms with Gasteiger partial charge >= 0.3 is 6.03 Å². The lowest BCUT2D eigenvalue weighted by atomic mass is 10.2. The van der Waals surface area contributed by atoms with Gasteiger partial charge in [0.15, 0.2) is 0 Å². The zero-order chi connectivity index (χ0) is 15.7. The summed E-state index contributed by atoms with van der Waals surface area (Å²) in [6, 6.07) is 7.51. The van der Waals surface area contributed by atoms with E-state index in [2.05, 4.69) is 21.2 Å². The molecule has 1 aliphatic heterocycles. The van der Waals surface area contributed by atoms with E-state index < -0.39 is 6.03 Å². The molecule has 0 aromatic heterocycles. The number of benzene rings is 1. The molecular weight excluding hydrogens is 350 g/mol. The molecule has 1 aromatic rings. The number of hydrogen-bond donors (Lipinski definition) is 1. The van der Waals surface area contributed by atoms with Crippen molar-refractivity contribution >= 4 is 33.8 Å². The lowest BCUT2D eigenvalue weighted by molar-refractivity contribution is -0.137. The molecule has 0 unspecified atom stereocenters. The summed E-state index contributed by atoms with van der Waals surface area (Å²) in [5.74, 6) is -0.538. The molecule has 116 valence electrons. The van der Waals surface area contributed by atoms with Crippen molar-refractivity contribution in [1.29, 1.82) is 0 Å². The minimum absolute atomic E-state index is 0.0266. The van der Waals surface area contributed by atoms with E-state index in [1.54, 1.807) is 4.90 Å². The highest BCUT2D eigenvalue weighted by Crippen LogP contribution is 2.29. The highest BCUT2D eigenvalue weighted by Gasteiger charge is 2.36. The van der Waals surface area contributed by atoms with Crippen molar-refractivity contribution in [2.75, 3.05) is 13.1 Å². The fraction of sp³-hybridized carbons (Fsp3) is 0.400. The third-order valence-corrected chi connectivity index (χ3v) is 4.27. The Morgan fingerprint density at radius 1 is 1.36 bits per heavy atom. The molecule has 2 aliphatic rings. The lowest BCUT2D eigenvalue weighted by Gasteiger charge is -2.24. The number of hydrogen-bond acceptors (Lipinski definition) is 3. The van der Waals surface area contributed by atoms with Crippen molar-refractivity contribution in [3.63, 3.8) is 0 Å². The van der Waals surface area contributed by atoms with Gasteiger partial charge in [0, 0.05) is 17.1 Å². The van der Waals surface area contributed by atoms with Crippen molar-refractivity contribution in [3.8, 4) is 0 Å². The standard InChI is InChI=1S/C15H16BrN3O3/c16-11-3-1-2-10(6-11)8-18(12-4-5-12)14(21)9-19-13(20)7-17-15(19)22/h1-3,6,12H,4-5,7-9H2,(H,17,22). The first-order valence-corrected chi connectivity index (χ1v) is 7.96. The molecule has 0 spiro atoms. The molecule has 4 amide bonds. The zero-order valence-corrected chi connectivity index (χ0v) is 13.5. The van der Waals surface area contributed by atoms with Crippen LogP contribution in [0.3, 0.4) is 0 Å². The van der Waals surface area contributed by atoms with Crippen LogP contribution in [0.1, 0.15) is 18.4 Å². The highest BCUT2D eigenvalue weighted by atomic mass is 79.9. The Morgan fingerprint density at radius 3 is 2.73 bits per heavy atom. The van der Waals surface area contributed by atoms with Crippen molar-refractivity contribution in [3.05, 3.63) is 34.3 Å². The molecule has 1 aliphatic carbocycles. The third-order valence-electron chi connectivity index (χ3n) is 3.78. The number of rotatable bonds is 5. The smallest absolute Gasteiger partial charge is 0.325 e. The van der Waals surface area contributed by atoms with E-state index in [-0.39, 0.29) is 30.9 Å². The summed E-state index contributed by atoms with van der Waals surface area (Å²) in [7, 11) is 0. The molecule has 0 atom stereocenters.